The van der Waals surface area contributed by atoms with E-state index in [1.54, 1.807) is 19.1 Å². The summed E-state index contributed by atoms with van der Waals surface area (Å²) in [7, 11) is 0. The zero-order valence-corrected chi connectivity index (χ0v) is 12.3. The first-order valence-electron chi connectivity index (χ1n) is 4.90. The molecule has 96 valence electrons. The normalized spacial score (nSPS) is 11.5. The van der Waals surface area contributed by atoms with Gasteiger partial charge in [-0.2, -0.15) is 0 Å². The lowest BCUT2D eigenvalue weighted by Crippen LogP contribution is -2.34. The van der Waals surface area contributed by atoms with Crippen LogP contribution < -0.4 is 5.73 Å². The lowest BCUT2D eigenvalue weighted by atomic mass is 10.1. The Morgan fingerprint density at radius 2 is 2.24 bits per heavy atom. The van der Waals surface area contributed by atoms with Gasteiger partial charge in [0.05, 0.1) is 6.61 Å². The molecule has 0 spiro atoms. The molecule has 0 aromatic heterocycles. The first kappa shape index (κ1) is 16.6. The highest BCUT2D eigenvalue weighted by atomic mass is 127. The van der Waals surface area contributed by atoms with Crippen LogP contribution in [0.3, 0.4) is 0 Å². The fourth-order valence-corrected chi connectivity index (χ4v) is 1.82. The average molecular weight is 374 g/mol. The standard InChI is InChI=1S/C11H13FINO2.ClH/c1-2-16-11(15)10(14)6-7-5-8(13)3-4-9(7)12;/h3-5,10H,2,6,14H2,1H3;1H. The van der Waals surface area contributed by atoms with Gasteiger partial charge >= 0.3 is 5.97 Å². The molecule has 1 aromatic rings. The van der Waals surface area contributed by atoms with E-state index in [1.165, 1.54) is 6.07 Å². The Hall–Kier alpha value is -0.400. The molecule has 3 nitrogen and oxygen atoms in total. The molecule has 0 saturated carbocycles. The smallest absolute Gasteiger partial charge is 0.323 e. The van der Waals surface area contributed by atoms with Gasteiger partial charge in [0, 0.05) is 9.99 Å². The van der Waals surface area contributed by atoms with E-state index in [0.717, 1.165) is 3.57 Å². The topological polar surface area (TPSA) is 52.3 Å². The van der Waals surface area contributed by atoms with Gasteiger partial charge in [0.1, 0.15) is 11.9 Å². The van der Waals surface area contributed by atoms with Crippen LogP contribution >= 0.6 is 35.0 Å². The Balaban J connectivity index is 0.00000256. The number of carbonyl (C=O) groups excluding carboxylic acids is 1. The van der Waals surface area contributed by atoms with Gasteiger partial charge < -0.3 is 10.5 Å². The number of rotatable bonds is 4. The molecular formula is C11H14ClFINO2. The summed E-state index contributed by atoms with van der Waals surface area (Å²) in [5.41, 5.74) is 6.05. The molecule has 0 heterocycles. The van der Waals surface area contributed by atoms with Gasteiger partial charge in [0.2, 0.25) is 0 Å². The van der Waals surface area contributed by atoms with E-state index in [0.29, 0.717) is 5.56 Å². The fourth-order valence-electron chi connectivity index (χ4n) is 1.27. The van der Waals surface area contributed by atoms with Crippen molar-refractivity contribution in [2.45, 2.75) is 19.4 Å². The summed E-state index contributed by atoms with van der Waals surface area (Å²) in [6.07, 6.45) is 0.154. The molecular weight excluding hydrogens is 359 g/mol. The van der Waals surface area contributed by atoms with E-state index in [-0.39, 0.29) is 31.3 Å². The minimum Gasteiger partial charge on any atom is -0.465 e. The SMILES string of the molecule is CCOC(=O)C(N)Cc1cc(I)ccc1F.Cl. The summed E-state index contributed by atoms with van der Waals surface area (Å²) in [5.74, 6) is -0.846. The molecule has 0 bridgehead atoms. The maximum absolute atomic E-state index is 13.4. The van der Waals surface area contributed by atoms with E-state index in [4.69, 9.17) is 10.5 Å². The van der Waals surface area contributed by atoms with Crippen molar-refractivity contribution < 1.29 is 13.9 Å². The number of esters is 1. The molecule has 0 aliphatic carbocycles. The molecule has 17 heavy (non-hydrogen) atoms. The van der Waals surface area contributed by atoms with Gasteiger partial charge in [-0.3, -0.25) is 4.79 Å². The highest BCUT2D eigenvalue weighted by Gasteiger charge is 2.17. The van der Waals surface area contributed by atoms with Crippen LogP contribution in [0.1, 0.15) is 12.5 Å². The Bertz CT molecular complexity index is 390. The van der Waals surface area contributed by atoms with Crippen LogP contribution in [0.4, 0.5) is 4.39 Å². The number of ether oxygens (including phenoxy) is 1. The van der Waals surface area contributed by atoms with Crippen molar-refractivity contribution in [3.63, 3.8) is 0 Å². The quantitative estimate of drug-likeness (QED) is 0.651. The Kier molecular flexibility index (Phi) is 7.65. The van der Waals surface area contributed by atoms with Crippen LogP contribution in [-0.2, 0) is 16.0 Å². The molecule has 1 atom stereocenters. The summed E-state index contributed by atoms with van der Waals surface area (Å²) in [5, 5.41) is 0. The summed E-state index contributed by atoms with van der Waals surface area (Å²) >= 11 is 2.08. The maximum atomic E-state index is 13.4. The predicted molar refractivity (Wildman–Crippen MR) is 74.7 cm³/mol. The van der Waals surface area contributed by atoms with Gasteiger partial charge in [0.15, 0.2) is 0 Å². The molecule has 0 aliphatic heterocycles. The van der Waals surface area contributed by atoms with Crippen LogP contribution in [-0.4, -0.2) is 18.6 Å². The highest BCUT2D eigenvalue weighted by molar-refractivity contribution is 14.1. The third kappa shape index (κ3) is 5.18. The van der Waals surface area contributed by atoms with Gasteiger partial charge in [-0.05, 0) is 53.3 Å². The fraction of sp³-hybridized carbons (Fsp3) is 0.364. The van der Waals surface area contributed by atoms with Crippen LogP contribution in [0.2, 0.25) is 0 Å². The number of nitrogens with two attached hydrogens (primary N) is 1. The molecule has 1 unspecified atom stereocenters. The van der Waals surface area contributed by atoms with Crippen molar-refractivity contribution in [2.24, 2.45) is 5.73 Å². The number of hydrogen-bond donors (Lipinski definition) is 1. The molecule has 0 fully saturated rings. The second-order valence-electron chi connectivity index (χ2n) is 3.30. The lowest BCUT2D eigenvalue weighted by molar-refractivity contribution is -0.144. The monoisotopic (exact) mass is 373 g/mol. The van der Waals surface area contributed by atoms with Crippen LogP contribution in [0.15, 0.2) is 18.2 Å². The van der Waals surface area contributed by atoms with Crippen LogP contribution in [0.25, 0.3) is 0 Å². The van der Waals surface area contributed by atoms with Crippen molar-refractivity contribution in [3.05, 3.63) is 33.1 Å². The molecule has 0 aliphatic rings. The second kappa shape index (κ2) is 7.84. The Morgan fingerprint density at radius 3 is 2.82 bits per heavy atom. The van der Waals surface area contributed by atoms with Crippen LogP contribution in [0, 0.1) is 9.39 Å². The highest BCUT2D eigenvalue weighted by Crippen LogP contribution is 2.14. The summed E-state index contributed by atoms with van der Waals surface area (Å²) in [6, 6.07) is 3.90. The van der Waals surface area contributed by atoms with E-state index >= 15 is 0 Å². The predicted octanol–water partition coefficient (Wildman–Crippen LogP) is 2.29. The number of hydrogen-bond acceptors (Lipinski definition) is 3. The van der Waals surface area contributed by atoms with E-state index < -0.39 is 12.0 Å². The third-order valence-corrected chi connectivity index (χ3v) is 2.71. The van der Waals surface area contributed by atoms with E-state index in [1.807, 2.05) is 0 Å². The molecule has 6 heteroatoms. The minimum absolute atomic E-state index is 0. The Labute approximate surface area is 119 Å². The van der Waals surface area contributed by atoms with Crippen molar-refractivity contribution >= 4 is 41.0 Å². The number of carbonyl (C=O) groups is 1. The van der Waals surface area contributed by atoms with E-state index in [9.17, 15) is 9.18 Å². The average Bonchev–Trinajstić information content (AvgIpc) is 2.23. The first-order chi connectivity index (χ1) is 7.54. The van der Waals surface area contributed by atoms with Crippen molar-refractivity contribution in [1.29, 1.82) is 0 Å². The van der Waals surface area contributed by atoms with Crippen LogP contribution in [0.5, 0.6) is 0 Å². The van der Waals surface area contributed by atoms with Gasteiger partial charge in [-0.25, -0.2) is 4.39 Å². The molecule has 0 radical (unpaired) electrons. The first-order valence-corrected chi connectivity index (χ1v) is 5.98. The summed E-state index contributed by atoms with van der Waals surface area (Å²) in [6.45, 7) is 1.98. The van der Waals surface area contributed by atoms with Crippen molar-refractivity contribution in [2.75, 3.05) is 6.61 Å². The Morgan fingerprint density at radius 1 is 1.59 bits per heavy atom. The second-order valence-corrected chi connectivity index (χ2v) is 4.54. The molecule has 2 N–H and O–H groups in total. The summed E-state index contributed by atoms with van der Waals surface area (Å²) in [4.78, 5) is 11.3. The number of halogens is 3. The molecule has 0 amide bonds. The van der Waals surface area contributed by atoms with Crippen molar-refractivity contribution in [3.8, 4) is 0 Å². The summed E-state index contributed by atoms with van der Waals surface area (Å²) < 4.78 is 19.0. The van der Waals surface area contributed by atoms with Gasteiger partial charge in [-0.1, -0.05) is 0 Å². The van der Waals surface area contributed by atoms with Crippen molar-refractivity contribution in [1.82, 2.24) is 0 Å². The lowest BCUT2D eigenvalue weighted by Gasteiger charge is -2.11. The zero-order chi connectivity index (χ0) is 12.1. The third-order valence-electron chi connectivity index (χ3n) is 2.04. The molecule has 1 rings (SSSR count). The minimum atomic E-state index is -0.812. The van der Waals surface area contributed by atoms with Gasteiger partial charge in [0.25, 0.3) is 0 Å². The van der Waals surface area contributed by atoms with Gasteiger partial charge in [-0.15, -0.1) is 12.4 Å². The maximum Gasteiger partial charge on any atom is 0.323 e. The molecule has 1 aromatic carbocycles. The zero-order valence-electron chi connectivity index (χ0n) is 9.28. The molecule has 0 saturated heterocycles. The van der Waals surface area contributed by atoms with E-state index in [2.05, 4.69) is 22.6 Å². The number of benzene rings is 1. The largest absolute Gasteiger partial charge is 0.465 e.